The number of aryl methyl sites for hydroxylation is 1. The number of carbonyl (C=O) groups excluding carboxylic acids is 1. The third kappa shape index (κ3) is 4.71. The van der Waals surface area contributed by atoms with Crippen LogP contribution in [-0.2, 0) is 13.1 Å². The average Bonchev–Trinajstić information content (AvgIpc) is 3.37. The number of quaternary nitrogens is 1. The van der Waals surface area contributed by atoms with Crippen molar-refractivity contribution in [1.29, 1.82) is 0 Å². The Bertz CT molecular complexity index is 994. The van der Waals surface area contributed by atoms with Crippen LogP contribution in [0.4, 0.5) is 4.39 Å². The summed E-state index contributed by atoms with van der Waals surface area (Å²) in [4.78, 5) is 19.5. The van der Waals surface area contributed by atoms with Crippen molar-refractivity contribution in [2.75, 3.05) is 13.1 Å². The molecule has 2 aromatic carbocycles. The monoisotopic (exact) mass is 410 g/mol. The second kappa shape index (κ2) is 8.84. The van der Waals surface area contributed by atoms with Crippen molar-refractivity contribution in [1.82, 2.24) is 10.3 Å². The number of thiazole rings is 1. The lowest BCUT2D eigenvalue weighted by Gasteiger charge is -2.15. The summed E-state index contributed by atoms with van der Waals surface area (Å²) < 4.78 is 13.2. The summed E-state index contributed by atoms with van der Waals surface area (Å²) in [5.74, 6) is -0.397. The highest BCUT2D eigenvalue weighted by Gasteiger charge is 2.19. The SMILES string of the molecule is Cc1nc(-c2ccc(F)cc2)sc1C(=O)NCc1ccccc1C[NH+]1CCCC1. The molecule has 1 amide bonds. The molecule has 0 spiro atoms. The molecule has 1 saturated heterocycles. The number of benzene rings is 2. The van der Waals surface area contributed by atoms with Crippen LogP contribution >= 0.6 is 11.3 Å². The summed E-state index contributed by atoms with van der Waals surface area (Å²) in [5, 5.41) is 3.78. The number of hydrogen-bond donors (Lipinski definition) is 2. The number of halogens is 1. The smallest absolute Gasteiger partial charge is 0.263 e. The highest BCUT2D eigenvalue weighted by molar-refractivity contribution is 7.17. The minimum absolute atomic E-state index is 0.114. The minimum atomic E-state index is -0.283. The topological polar surface area (TPSA) is 46.4 Å². The van der Waals surface area contributed by atoms with Gasteiger partial charge in [-0.15, -0.1) is 11.3 Å². The van der Waals surface area contributed by atoms with Crippen molar-refractivity contribution in [3.05, 3.63) is 76.0 Å². The number of likely N-dealkylation sites (tertiary alicyclic amines) is 1. The van der Waals surface area contributed by atoms with Gasteiger partial charge in [0, 0.05) is 30.5 Å². The van der Waals surface area contributed by atoms with Gasteiger partial charge in [0.15, 0.2) is 0 Å². The Morgan fingerprint density at radius 1 is 1.10 bits per heavy atom. The molecule has 0 radical (unpaired) electrons. The fraction of sp³-hybridized carbons (Fsp3) is 0.304. The largest absolute Gasteiger partial charge is 0.347 e. The lowest BCUT2D eigenvalue weighted by atomic mass is 10.1. The van der Waals surface area contributed by atoms with Crippen molar-refractivity contribution in [2.45, 2.75) is 32.9 Å². The fourth-order valence-electron chi connectivity index (χ4n) is 3.80. The predicted molar refractivity (Wildman–Crippen MR) is 113 cm³/mol. The maximum atomic E-state index is 13.2. The van der Waals surface area contributed by atoms with E-state index in [1.807, 2.05) is 13.0 Å². The van der Waals surface area contributed by atoms with Crippen LogP contribution in [0.5, 0.6) is 0 Å². The number of nitrogens with zero attached hydrogens (tertiary/aromatic N) is 1. The number of nitrogens with one attached hydrogen (secondary N) is 2. The van der Waals surface area contributed by atoms with Crippen LogP contribution in [0.15, 0.2) is 48.5 Å². The van der Waals surface area contributed by atoms with Gasteiger partial charge in [0.05, 0.1) is 18.8 Å². The molecule has 29 heavy (non-hydrogen) atoms. The van der Waals surface area contributed by atoms with Crippen molar-refractivity contribution in [3.63, 3.8) is 0 Å². The van der Waals surface area contributed by atoms with Gasteiger partial charge in [0.2, 0.25) is 0 Å². The second-order valence-corrected chi connectivity index (χ2v) is 8.52. The molecular formula is C23H25FN3OS+. The van der Waals surface area contributed by atoms with Crippen LogP contribution < -0.4 is 10.2 Å². The molecule has 1 fully saturated rings. The molecule has 1 aliphatic rings. The third-order valence-corrected chi connectivity index (χ3v) is 6.61. The van der Waals surface area contributed by atoms with Gasteiger partial charge in [0.25, 0.3) is 5.91 Å². The molecular weight excluding hydrogens is 385 g/mol. The summed E-state index contributed by atoms with van der Waals surface area (Å²) in [6.45, 7) is 5.81. The zero-order valence-electron chi connectivity index (χ0n) is 16.5. The Hall–Kier alpha value is -2.57. The predicted octanol–water partition coefficient (Wildman–Crippen LogP) is 3.37. The minimum Gasteiger partial charge on any atom is -0.347 e. The van der Waals surface area contributed by atoms with Gasteiger partial charge in [-0.05, 0) is 36.8 Å². The molecule has 0 aliphatic carbocycles. The zero-order valence-corrected chi connectivity index (χ0v) is 17.3. The molecule has 2 N–H and O–H groups in total. The van der Waals surface area contributed by atoms with E-state index in [2.05, 4.69) is 28.5 Å². The fourth-order valence-corrected chi connectivity index (χ4v) is 4.79. The van der Waals surface area contributed by atoms with E-state index in [4.69, 9.17) is 0 Å². The summed E-state index contributed by atoms with van der Waals surface area (Å²) in [7, 11) is 0. The summed E-state index contributed by atoms with van der Waals surface area (Å²) in [5.41, 5.74) is 3.98. The molecule has 1 aliphatic heterocycles. The first kappa shape index (κ1) is 19.7. The highest BCUT2D eigenvalue weighted by Crippen LogP contribution is 2.28. The standard InChI is InChI=1S/C23H24FN3OS/c1-16-21(29-23(26-16)17-8-10-20(24)11-9-17)22(28)25-14-18-6-2-3-7-19(18)15-27-12-4-5-13-27/h2-3,6-11H,4-5,12-15H2,1H3,(H,25,28)/p+1. The lowest BCUT2D eigenvalue weighted by molar-refractivity contribution is -0.901. The van der Waals surface area contributed by atoms with E-state index in [0.717, 1.165) is 17.1 Å². The number of rotatable bonds is 6. The summed E-state index contributed by atoms with van der Waals surface area (Å²) in [6.07, 6.45) is 2.60. The Morgan fingerprint density at radius 2 is 1.79 bits per heavy atom. The molecule has 4 rings (SSSR count). The third-order valence-electron chi connectivity index (χ3n) is 5.40. The summed E-state index contributed by atoms with van der Waals surface area (Å²) >= 11 is 1.34. The van der Waals surface area contributed by atoms with Crippen molar-refractivity contribution >= 4 is 17.2 Å². The van der Waals surface area contributed by atoms with E-state index < -0.39 is 0 Å². The molecule has 0 atom stereocenters. The van der Waals surface area contributed by atoms with E-state index in [0.29, 0.717) is 17.1 Å². The van der Waals surface area contributed by atoms with E-state index in [1.54, 1.807) is 17.0 Å². The molecule has 2 heterocycles. The Labute approximate surface area is 174 Å². The van der Waals surface area contributed by atoms with Crippen molar-refractivity contribution < 1.29 is 14.1 Å². The molecule has 1 aromatic heterocycles. The first-order valence-corrected chi connectivity index (χ1v) is 10.8. The number of aromatic nitrogens is 1. The van der Waals surface area contributed by atoms with E-state index >= 15 is 0 Å². The van der Waals surface area contributed by atoms with Gasteiger partial charge in [-0.25, -0.2) is 9.37 Å². The van der Waals surface area contributed by atoms with Gasteiger partial charge >= 0.3 is 0 Å². The molecule has 0 bridgehead atoms. The second-order valence-electron chi connectivity index (χ2n) is 7.53. The Balaban J connectivity index is 1.44. The summed E-state index contributed by atoms with van der Waals surface area (Å²) in [6, 6.07) is 14.5. The number of hydrogen-bond acceptors (Lipinski definition) is 3. The van der Waals surface area contributed by atoms with Crippen LogP contribution in [0, 0.1) is 12.7 Å². The van der Waals surface area contributed by atoms with E-state index in [1.165, 1.54) is 60.5 Å². The van der Waals surface area contributed by atoms with Crippen molar-refractivity contribution in [2.24, 2.45) is 0 Å². The number of carbonyl (C=O) groups is 1. The molecule has 6 heteroatoms. The van der Waals surface area contributed by atoms with Gasteiger partial charge in [0.1, 0.15) is 22.2 Å². The van der Waals surface area contributed by atoms with Gasteiger partial charge in [-0.1, -0.05) is 24.3 Å². The van der Waals surface area contributed by atoms with Crippen molar-refractivity contribution in [3.8, 4) is 10.6 Å². The maximum Gasteiger partial charge on any atom is 0.263 e. The van der Waals surface area contributed by atoms with Crippen LogP contribution in [-0.4, -0.2) is 24.0 Å². The highest BCUT2D eigenvalue weighted by atomic mass is 32.1. The van der Waals surface area contributed by atoms with Gasteiger partial charge in [-0.2, -0.15) is 0 Å². The molecule has 3 aromatic rings. The Morgan fingerprint density at radius 3 is 2.52 bits per heavy atom. The van der Waals surface area contributed by atoms with Crippen LogP contribution in [0.25, 0.3) is 10.6 Å². The van der Waals surface area contributed by atoms with E-state index in [9.17, 15) is 9.18 Å². The first-order valence-electron chi connectivity index (χ1n) is 10.0. The van der Waals surface area contributed by atoms with Crippen LogP contribution in [0.2, 0.25) is 0 Å². The normalized spacial score (nSPS) is 14.3. The first-order chi connectivity index (χ1) is 14.1. The van der Waals surface area contributed by atoms with Crippen LogP contribution in [0.3, 0.4) is 0 Å². The Kier molecular flexibility index (Phi) is 6.02. The number of amides is 1. The maximum absolute atomic E-state index is 13.2. The van der Waals surface area contributed by atoms with Crippen LogP contribution in [0.1, 0.15) is 39.3 Å². The molecule has 150 valence electrons. The molecule has 4 nitrogen and oxygen atoms in total. The molecule has 0 saturated carbocycles. The quantitative estimate of drug-likeness (QED) is 0.655. The lowest BCUT2D eigenvalue weighted by Crippen LogP contribution is -3.08. The van der Waals surface area contributed by atoms with E-state index in [-0.39, 0.29) is 11.7 Å². The zero-order chi connectivity index (χ0) is 20.2. The van der Waals surface area contributed by atoms with Gasteiger partial charge in [-0.3, -0.25) is 4.79 Å². The average molecular weight is 411 g/mol. The molecule has 0 unspecified atom stereocenters. The van der Waals surface area contributed by atoms with Gasteiger partial charge < -0.3 is 10.2 Å².